The molecule has 1 aliphatic carbocycles. The molecular weight excluding hydrogens is 462 g/mol. The number of thioether (sulfide) groups is 1. The second-order valence-electron chi connectivity index (χ2n) is 7.93. The molecule has 3 N–H and O–H groups in total. The van der Waals surface area contributed by atoms with E-state index in [0.29, 0.717) is 22.2 Å². The van der Waals surface area contributed by atoms with Crippen LogP contribution >= 0.6 is 23.4 Å². The highest BCUT2D eigenvalue weighted by Gasteiger charge is 2.30. The maximum atomic E-state index is 13.0. The van der Waals surface area contributed by atoms with Gasteiger partial charge in [-0.3, -0.25) is 19.1 Å². The van der Waals surface area contributed by atoms with E-state index in [1.807, 2.05) is 41.0 Å². The number of carbonyl (C=O) groups is 1. The van der Waals surface area contributed by atoms with Crippen molar-refractivity contribution in [1.29, 1.82) is 0 Å². The van der Waals surface area contributed by atoms with E-state index in [0.717, 1.165) is 23.9 Å². The van der Waals surface area contributed by atoms with Crippen LogP contribution in [0.2, 0.25) is 5.02 Å². The van der Waals surface area contributed by atoms with Gasteiger partial charge in [-0.2, -0.15) is 0 Å². The standard InChI is InChI=1S/C23H20ClN5O3S/c24-14-6-9-17-16(10-14)26-23(28(17)11-13-4-2-1-3-5-13)33-12-18(30)19-20(25)29(15-7-8-15)22(32)27-21(19)31/h1-6,9-10,15H,7-8,11-12,25H2,(H,27,31,32). The number of nitrogens with one attached hydrogen (secondary N) is 1. The second-order valence-corrected chi connectivity index (χ2v) is 9.31. The Hall–Kier alpha value is -3.30. The van der Waals surface area contributed by atoms with Crippen molar-refractivity contribution in [2.45, 2.75) is 30.6 Å². The number of ketones is 1. The number of rotatable bonds is 7. The van der Waals surface area contributed by atoms with E-state index in [1.165, 1.54) is 16.3 Å². The van der Waals surface area contributed by atoms with Crippen LogP contribution in [0.15, 0.2) is 63.3 Å². The van der Waals surface area contributed by atoms with E-state index in [1.54, 1.807) is 12.1 Å². The first-order valence-corrected chi connectivity index (χ1v) is 11.8. The van der Waals surface area contributed by atoms with Crippen molar-refractivity contribution in [2.75, 3.05) is 11.5 Å². The van der Waals surface area contributed by atoms with Gasteiger partial charge in [-0.05, 0) is 36.6 Å². The summed E-state index contributed by atoms with van der Waals surface area (Å²) in [7, 11) is 0. The van der Waals surface area contributed by atoms with Crippen LogP contribution in [0.1, 0.15) is 34.8 Å². The molecule has 2 aromatic carbocycles. The first kappa shape index (κ1) is 21.5. The van der Waals surface area contributed by atoms with Crippen LogP contribution in [0.5, 0.6) is 0 Å². The van der Waals surface area contributed by atoms with Gasteiger partial charge in [0.25, 0.3) is 5.56 Å². The van der Waals surface area contributed by atoms with Crippen LogP contribution < -0.4 is 17.0 Å². The third-order valence-electron chi connectivity index (χ3n) is 5.56. The van der Waals surface area contributed by atoms with Crippen LogP contribution in [-0.4, -0.2) is 30.6 Å². The van der Waals surface area contributed by atoms with Crippen molar-refractivity contribution in [3.63, 3.8) is 0 Å². The minimum atomic E-state index is -0.760. The van der Waals surface area contributed by atoms with E-state index in [2.05, 4.69) is 9.97 Å². The van der Waals surface area contributed by atoms with Crippen LogP contribution in [0.25, 0.3) is 11.0 Å². The van der Waals surface area contributed by atoms with Crippen molar-refractivity contribution < 1.29 is 4.79 Å². The highest BCUT2D eigenvalue weighted by Crippen LogP contribution is 2.35. The zero-order valence-electron chi connectivity index (χ0n) is 17.5. The lowest BCUT2D eigenvalue weighted by Crippen LogP contribution is -2.36. The number of Topliss-reactive ketones (excluding diaryl/α,β-unsaturated/α-hetero) is 1. The van der Waals surface area contributed by atoms with Crippen molar-refractivity contribution >= 4 is 46.0 Å². The van der Waals surface area contributed by atoms with E-state index >= 15 is 0 Å². The number of nitrogens with two attached hydrogens (primary N) is 1. The van der Waals surface area contributed by atoms with Gasteiger partial charge in [0.05, 0.1) is 23.3 Å². The lowest BCUT2D eigenvalue weighted by Gasteiger charge is -2.11. The zero-order chi connectivity index (χ0) is 23.1. The molecule has 8 nitrogen and oxygen atoms in total. The number of aromatic nitrogens is 4. The largest absolute Gasteiger partial charge is 0.384 e. The minimum absolute atomic E-state index is 0.0536. The molecule has 4 aromatic rings. The third-order valence-corrected chi connectivity index (χ3v) is 6.78. The van der Waals surface area contributed by atoms with Crippen LogP contribution in [0, 0.1) is 0 Å². The lowest BCUT2D eigenvalue weighted by molar-refractivity contribution is 0.102. The normalized spacial score (nSPS) is 13.5. The van der Waals surface area contributed by atoms with Crippen LogP contribution in [0.3, 0.4) is 0 Å². The third kappa shape index (κ3) is 4.21. The maximum Gasteiger partial charge on any atom is 0.330 e. The lowest BCUT2D eigenvalue weighted by atomic mass is 10.2. The molecule has 1 fully saturated rings. The predicted octanol–water partition coefficient (Wildman–Crippen LogP) is 3.48. The SMILES string of the molecule is Nc1c(C(=O)CSc2nc3cc(Cl)ccc3n2Cc2ccccc2)c(=O)[nH]c(=O)n1C1CC1. The highest BCUT2D eigenvalue weighted by molar-refractivity contribution is 7.99. The fraction of sp³-hybridized carbons (Fsp3) is 0.217. The molecule has 5 rings (SSSR count). The number of benzene rings is 2. The Balaban J connectivity index is 1.47. The van der Waals surface area contributed by atoms with Gasteiger partial charge in [-0.15, -0.1) is 0 Å². The first-order chi connectivity index (χ1) is 15.9. The van der Waals surface area contributed by atoms with Gasteiger partial charge in [-0.1, -0.05) is 53.7 Å². The summed E-state index contributed by atoms with van der Waals surface area (Å²) in [5, 5.41) is 1.19. The molecule has 0 aliphatic heterocycles. The number of aromatic amines is 1. The van der Waals surface area contributed by atoms with Crippen molar-refractivity contribution in [1.82, 2.24) is 19.1 Å². The minimum Gasteiger partial charge on any atom is -0.384 e. The van der Waals surface area contributed by atoms with Gasteiger partial charge in [0.2, 0.25) is 0 Å². The van der Waals surface area contributed by atoms with E-state index in [4.69, 9.17) is 17.3 Å². The number of halogens is 1. The summed E-state index contributed by atoms with van der Waals surface area (Å²) in [5.41, 5.74) is 7.25. The average Bonchev–Trinajstić information content (AvgIpc) is 3.55. The summed E-state index contributed by atoms with van der Waals surface area (Å²) in [4.78, 5) is 44.4. The van der Waals surface area contributed by atoms with Gasteiger partial charge >= 0.3 is 5.69 Å². The summed E-state index contributed by atoms with van der Waals surface area (Å²) in [5.74, 6) is -0.576. The number of nitrogen functional groups attached to an aromatic ring is 1. The van der Waals surface area contributed by atoms with Crippen LogP contribution in [-0.2, 0) is 6.54 Å². The number of H-pyrrole nitrogens is 1. The summed E-state index contributed by atoms with van der Waals surface area (Å²) in [6.45, 7) is 0.560. The summed E-state index contributed by atoms with van der Waals surface area (Å²) < 4.78 is 3.32. The highest BCUT2D eigenvalue weighted by atomic mass is 35.5. The molecule has 1 aliphatic rings. The topological polar surface area (TPSA) is 116 Å². The average molecular weight is 482 g/mol. The number of anilines is 1. The monoisotopic (exact) mass is 481 g/mol. The zero-order valence-corrected chi connectivity index (χ0v) is 19.0. The molecule has 168 valence electrons. The van der Waals surface area contributed by atoms with E-state index in [9.17, 15) is 14.4 Å². The molecule has 33 heavy (non-hydrogen) atoms. The fourth-order valence-corrected chi connectivity index (χ4v) is 4.90. The quantitative estimate of drug-likeness (QED) is 0.308. The smallest absolute Gasteiger partial charge is 0.330 e. The van der Waals surface area contributed by atoms with E-state index < -0.39 is 17.0 Å². The molecule has 0 saturated heterocycles. The molecule has 0 atom stereocenters. The van der Waals surface area contributed by atoms with Gasteiger partial charge in [0.1, 0.15) is 11.4 Å². The van der Waals surface area contributed by atoms with Crippen molar-refractivity contribution in [3.05, 3.63) is 85.5 Å². The number of hydrogen-bond acceptors (Lipinski definition) is 6. The molecule has 1 saturated carbocycles. The summed E-state index contributed by atoms with van der Waals surface area (Å²) in [6.07, 6.45) is 1.59. The molecule has 0 radical (unpaired) electrons. The Morgan fingerprint density at radius 3 is 2.67 bits per heavy atom. The predicted molar refractivity (Wildman–Crippen MR) is 129 cm³/mol. The summed E-state index contributed by atoms with van der Waals surface area (Å²) >= 11 is 7.37. The van der Waals surface area contributed by atoms with Gasteiger partial charge in [0, 0.05) is 11.1 Å². The number of fused-ring (bicyclic) bond motifs is 1. The molecule has 0 spiro atoms. The second kappa shape index (κ2) is 8.57. The molecule has 0 amide bonds. The number of hydrogen-bond donors (Lipinski definition) is 2. The molecule has 2 heterocycles. The van der Waals surface area contributed by atoms with Gasteiger partial charge in [-0.25, -0.2) is 9.78 Å². The summed E-state index contributed by atoms with van der Waals surface area (Å²) in [6, 6.07) is 15.3. The molecule has 0 bridgehead atoms. The van der Waals surface area contributed by atoms with Crippen LogP contribution in [0.4, 0.5) is 5.82 Å². The molecular formula is C23H20ClN5O3S. The Morgan fingerprint density at radius 2 is 1.94 bits per heavy atom. The molecule has 10 heteroatoms. The van der Waals surface area contributed by atoms with E-state index in [-0.39, 0.29) is 23.2 Å². The molecule has 2 aromatic heterocycles. The Morgan fingerprint density at radius 1 is 1.18 bits per heavy atom. The van der Waals surface area contributed by atoms with Gasteiger partial charge < -0.3 is 10.3 Å². The number of nitrogens with zero attached hydrogens (tertiary/aromatic N) is 3. The maximum absolute atomic E-state index is 13.0. The Bertz CT molecular complexity index is 1490. The number of imidazole rings is 1. The fourth-order valence-electron chi connectivity index (χ4n) is 3.84. The number of carbonyl (C=O) groups excluding carboxylic acids is 1. The van der Waals surface area contributed by atoms with Crippen molar-refractivity contribution in [2.24, 2.45) is 0 Å². The van der Waals surface area contributed by atoms with Crippen molar-refractivity contribution in [3.8, 4) is 0 Å². The first-order valence-electron chi connectivity index (χ1n) is 10.4. The Labute approximate surface area is 197 Å². The van der Waals surface area contributed by atoms with Gasteiger partial charge in [0.15, 0.2) is 10.9 Å². The molecule has 0 unspecified atom stereocenters. The Kier molecular flexibility index (Phi) is 5.59.